The molecule has 7 nitrogen and oxygen atoms in total. The minimum absolute atomic E-state index is 0.177. The van der Waals surface area contributed by atoms with E-state index in [1.54, 1.807) is 48.5 Å². The fraction of sp³-hybridized carbons (Fsp3) is 0.0909. The smallest absolute Gasteiger partial charge is 0.262 e. The Bertz CT molecular complexity index is 1130. The molecule has 0 aliphatic carbocycles. The number of ether oxygens (including phenoxy) is 1. The average molecular weight is 424 g/mol. The van der Waals surface area contributed by atoms with E-state index in [0.29, 0.717) is 22.7 Å². The largest absolute Gasteiger partial charge is 0.484 e. The van der Waals surface area contributed by atoms with Gasteiger partial charge >= 0.3 is 0 Å². The number of nitrogens with one attached hydrogen (secondary N) is 2. The normalized spacial score (nSPS) is 10.8. The van der Waals surface area contributed by atoms with E-state index < -0.39 is 9.84 Å². The van der Waals surface area contributed by atoms with Gasteiger partial charge in [-0.1, -0.05) is 18.2 Å². The lowest BCUT2D eigenvalue weighted by Gasteiger charge is -2.09. The summed E-state index contributed by atoms with van der Waals surface area (Å²) in [6.07, 6.45) is 1.12. The second kappa shape index (κ2) is 9.23. The quantitative estimate of drug-likeness (QED) is 0.606. The number of amides is 2. The van der Waals surface area contributed by atoms with E-state index in [2.05, 4.69) is 10.6 Å². The summed E-state index contributed by atoms with van der Waals surface area (Å²) in [4.78, 5) is 24.3. The summed E-state index contributed by atoms with van der Waals surface area (Å²) in [5.74, 6) is -0.135. The van der Waals surface area contributed by atoms with Gasteiger partial charge in [0, 0.05) is 23.2 Å². The van der Waals surface area contributed by atoms with Crippen LogP contribution in [-0.4, -0.2) is 33.1 Å². The first-order valence-electron chi connectivity index (χ1n) is 9.00. The van der Waals surface area contributed by atoms with Crippen molar-refractivity contribution in [2.24, 2.45) is 0 Å². The molecular weight excluding hydrogens is 404 g/mol. The Morgan fingerprint density at radius 1 is 0.800 bits per heavy atom. The van der Waals surface area contributed by atoms with Crippen molar-refractivity contribution in [1.82, 2.24) is 0 Å². The maximum Gasteiger partial charge on any atom is 0.262 e. The highest BCUT2D eigenvalue weighted by Crippen LogP contribution is 2.17. The van der Waals surface area contributed by atoms with Crippen LogP contribution < -0.4 is 15.4 Å². The highest BCUT2D eigenvalue weighted by Gasteiger charge is 2.09. The van der Waals surface area contributed by atoms with E-state index >= 15 is 0 Å². The molecule has 154 valence electrons. The third kappa shape index (κ3) is 5.92. The summed E-state index contributed by atoms with van der Waals surface area (Å²) in [6, 6.07) is 21.4. The van der Waals surface area contributed by atoms with E-state index in [-0.39, 0.29) is 23.3 Å². The predicted octanol–water partition coefficient (Wildman–Crippen LogP) is 3.36. The van der Waals surface area contributed by atoms with Gasteiger partial charge in [-0.25, -0.2) is 8.42 Å². The summed E-state index contributed by atoms with van der Waals surface area (Å²) < 4.78 is 28.3. The van der Waals surface area contributed by atoms with Gasteiger partial charge in [-0.2, -0.15) is 0 Å². The van der Waals surface area contributed by atoms with E-state index in [0.717, 1.165) is 6.26 Å². The lowest BCUT2D eigenvalue weighted by Crippen LogP contribution is -2.20. The molecule has 0 spiro atoms. The molecule has 3 rings (SSSR count). The average Bonchev–Trinajstić information content (AvgIpc) is 2.73. The fourth-order valence-electron chi connectivity index (χ4n) is 2.56. The predicted molar refractivity (Wildman–Crippen MR) is 115 cm³/mol. The number of carbonyl (C=O) groups excluding carboxylic acids is 2. The first-order valence-corrected chi connectivity index (χ1v) is 10.9. The van der Waals surface area contributed by atoms with Gasteiger partial charge in [0.05, 0.1) is 4.90 Å². The topological polar surface area (TPSA) is 102 Å². The van der Waals surface area contributed by atoms with Gasteiger partial charge in [0.15, 0.2) is 16.4 Å². The zero-order chi connectivity index (χ0) is 21.6. The number of carbonyl (C=O) groups is 2. The minimum atomic E-state index is -3.29. The number of benzene rings is 3. The maximum atomic E-state index is 12.1. The molecule has 0 aliphatic heterocycles. The molecule has 0 bridgehead atoms. The van der Waals surface area contributed by atoms with Gasteiger partial charge in [-0.15, -0.1) is 0 Å². The first-order chi connectivity index (χ1) is 14.3. The van der Waals surface area contributed by atoms with Crippen LogP contribution in [0.15, 0.2) is 83.8 Å². The van der Waals surface area contributed by atoms with Crippen LogP contribution in [0.1, 0.15) is 10.4 Å². The molecule has 3 aromatic rings. The number of hydrogen-bond donors (Lipinski definition) is 2. The summed E-state index contributed by atoms with van der Waals surface area (Å²) in [5.41, 5.74) is 1.63. The Balaban J connectivity index is 1.50. The molecule has 2 N–H and O–H groups in total. The van der Waals surface area contributed by atoms with E-state index in [9.17, 15) is 18.0 Å². The summed E-state index contributed by atoms with van der Waals surface area (Å²) in [6.45, 7) is -0.219. The third-order valence-corrected chi connectivity index (χ3v) is 5.21. The van der Waals surface area contributed by atoms with Crippen molar-refractivity contribution in [3.8, 4) is 5.75 Å². The molecule has 0 fully saturated rings. The van der Waals surface area contributed by atoms with Crippen LogP contribution in [-0.2, 0) is 14.6 Å². The molecule has 0 aliphatic rings. The Morgan fingerprint density at radius 3 is 1.97 bits per heavy atom. The van der Waals surface area contributed by atoms with Gasteiger partial charge < -0.3 is 15.4 Å². The van der Waals surface area contributed by atoms with Gasteiger partial charge in [0.25, 0.3) is 11.8 Å². The van der Waals surface area contributed by atoms with Crippen LogP contribution in [0.2, 0.25) is 0 Å². The van der Waals surface area contributed by atoms with E-state index in [4.69, 9.17) is 4.74 Å². The van der Waals surface area contributed by atoms with Crippen LogP contribution in [0.5, 0.6) is 5.75 Å². The molecular formula is C22H20N2O5S. The Kier molecular flexibility index (Phi) is 6.48. The van der Waals surface area contributed by atoms with Crippen molar-refractivity contribution >= 4 is 33.0 Å². The molecule has 2 amide bonds. The van der Waals surface area contributed by atoms with Crippen molar-refractivity contribution in [3.05, 3.63) is 84.4 Å². The van der Waals surface area contributed by atoms with Crippen LogP contribution in [0.25, 0.3) is 0 Å². The second-order valence-corrected chi connectivity index (χ2v) is 8.49. The number of rotatable bonds is 7. The Labute approximate surface area is 174 Å². The molecule has 0 saturated heterocycles. The number of anilines is 2. The summed E-state index contributed by atoms with van der Waals surface area (Å²) >= 11 is 0. The third-order valence-electron chi connectivity index (χ3n) is 4.08. The van der Waals surface area contributed by atoms with Crippen LogP contribution in [0.3, 0.4) is 0 Å². The molecule has 0 saturated carbocycles. The fourth-order valence-corrected chi connectivity index (χ4v) is 3.19. The molecule has 3 aromatic carbocycles. The van der Waals surface area contributed by atoms with Gasteiger partial charge in [-0.05, 0) is 60.7 Å². The first kappa shape index (κ1) is 21.1. The number of sulfone groups is 1. The van der Waals surface area contributed by atoms with Crippen molar-refractivity contribution in [2.75, 3.05) is 23.5 Å². The van der Waals surface area contributed by atoms with Crippen LogP contribution in [0, 0.1) is 0 Å². The molecule has 0 unspecified atom stereocenters. The highest BCUT2D eigenvalue weighted by atomic mass is 32.2. The summed E-state index contributed by atoms with van der Waals surface area (Å²) in [5, 5.41) is 5.41. The van der Waals surface area contributed by atoms with Gasteiger partial charge in [0.1, 0.15) is 5.75 Å². The Hall–Kier alpha value is -3.65. The molecule has 0 atom stereocenters. The van der Waals surface area contributed by atoms with E-state index in [1.807, 2.05) is 6.07 Å². The zero-order valence-electron chi connectivity index (χ0n) is 16.2. The van der Waals surface area contributed by atoms with Gasteiger partial charge in [-0.3, -0.25) is 9.59 Å². The lowest BCUT2D eigenvalue weighted by atomic mass is 10.2. The SMILES string of the molecule is CS(=O)(=O)c1ccc(NC(=O)COc2ccc(NC(=O)c3ccccc3)cc2)cc1. The highest BCUT2D eigenvalue weighted by molar-refractivity contribution is 7.90. The number of hydrogen-bond acceptors (Lipinski definition) is 5. The molecule has 8 heteroatoms. The molecule has 0 aromatic heterocycles. The monoisotopic (exact) mass is 424 g/mol. The maximum absolute atomic E-state index is 12.1. The molecule has 30 heavy (non-hydrogen) atoms. The van der Waals surface area contributed by atoms with E-state index in [1.165, 1.54) is 24.3 Å². The van der Waals surface area contributed by atoms with Crippen molar-refractivity contribution in [3.63, 3.8) is 0 Å². The van der Waals surface area contributed by atoms with Gasteiger partial charge in [0.2, 0.25) is 0 Å². The molecule has 0 radical (unpaired) electrons. The van der Waals surface area contributed by atoms with Crippen molar-refractivity contribution < 1.29 is 22.7 Å². The standard InChI is InChI=1S/C22H20N2O5S/c1-30(27,28)20-13-9-17(10-14-20)23-21(25)15-29-19-11-7-18(8-12-19)24-22(26)16-5-3-2-4-6-16/h2-14H,15H2,1H3,(H,23,25)(H,24,26). The van der Waals surface area contributed by atoms with Crippen LogP contribution in [0.4, 0.5) is 11.4 Å². The minimum Gasteiger partial charge on any atom is -0.484 e. The van der Waals surface area contributed by atoms with Crippen molar-refractivity contribution in [2.45, 2.75) is 4.90 Å². The lowest BCUT2D eigenvalue weighted by molar-refractivity contribution is -0.118. The molecule has 0 heterocycles. The zero-order valence-corrected chi connectivity index (χ0v) is 17.0. The van der Waals surface area contributed by atoms with Crippen LogP contribution >= 0.6 is 0 Å². The summed E-state index contributed by atoms with van der Waals surface area (Å²) in [7, 11) is -3.29. The Morgan fingerprint density at radius 2 is 1.37 bits per heavy atom. The second-order valence-electron chi connectivity index (χ2n) is 6.48. The van der Waals surface area contributed by atoms with Crippen molar-refractivity contribution in [1.29, 1.82) is 0 Å².